The monoisotopic (exact) mass is 460 g/mol. The van der Waals surface area contributed by atoms with E-state index in [9.17, 15) is 9.90 Å². The van der Waals surface area contributed by atoms with E-state index in [0.717, 1.165) is 0 Å². The Morgan fingerprint density at radius 1 is 1.12 bits per heavy atom. The molecule has 0 amide bonds. The molecule has 0 atom stereocenters. The summed E-state index contributed by atoms with van der Waals surface area (Å²) in [5.41, 5.74) is 0. The van der Waals surface area contributed by atoms with Gasteiger partial charge in [0.05, 0.1) is 0 Å². The average molecular weight is 459 g/mol. The summed E-state index contributed by atoms with van der Waals surface area (Å²) in [5, 5.41) is 9.38. The Morgan fingerprint density at radius 3 is 1.96 bits per heavy atom. The maximum absolute atomic E-state index is 11.4. The van der Waals surface area contributed by atoms with Crippen LogP contribution < -0.4 is 7.63 Å². The molecule has 0 bridgehead atoms. The van der Waals surface area contributed by atoms with Crippen LogP contribution in [0, 0.1) is 0 Å². The van der Waals surface area contributed by atoms with Gasteiger partial charge in [-0.2, -0.15) is 0 Å². The zero-order chi connectivity index (χ0) is 18.0. The van der Waals surface area contributed by atoms with Gasteiger partial charge in [-0.1, -0.05) is 0 Å². The summed E-state index contributed by atoms with van der Waals surface area (Å²) < 4.78 is 7.11. The van der Waals surface area contributed by atoms with Crippen LogP contribution in [-0.4, -0.2) is 39.3 Å². The fourth-order valence-corrected chi connectivity index (χ4v) is 11.3. The van der Waals surface area contributed by atoms with Crippen molar-refractivity contribution >= 4 is 41.3 Å². The molecule has 2 radical (unpaired) electrons. The molecule has 1 aromatic rings. The molecule has 0 aromatic carbocycles. The molecule has 24 heavy (non-hydrogen) atoms. The van der Waals surface area contributed by atoms with E-state index in [2.05, 4.69) is 20.8 Å². The van der Waals surface area contributed by atoms with Gasteiger partial charge in [-0.15, -0.1) is 0 Å². The summed E-state index contributed by atoms with van der Waals surface area (Å²) in [4.78, 5) is 11.8. The molecule has 0 aliphatic heterocycles. The number of unbranched alkanes of at least 4 members (excludes halogenated alkanes) is 3. The van der Waals surface area contributed by atoms with Crippen molar-refractivity contribution < 1.29 is 14.6 Å². The first-order valence-electron chi connectivity index (χ1n) is 9.21. The predicted octanol–water partition coefficient (Wildman–Crippen LogP) is 5.51. The van der Waals surface area contributed by atoms with Crippen molar-refractivity contribution in [3.8, 4) is 5.75 Å². The number of hydrogen-bond donors (Lipinski definition) is 1. The number of methoxy groups -OCH3 is 1. The Kier molecular flexibility index (Phi) is 10.4. The van der Waals surface area contributed by atoms with Crippen molar-refractivity contribution in [2.75, 3.05) is 7.11 Å². The van der Waals surface area contributed by atoms with Gasteiger partial charge in [0.25, 0.3) is 0 Å². The van der Waals surface area contributed by atoms with Gasteiger partial charge in [-0.3, -0.25) is 0 Å². The van der Waals surface area contributed by atoms with E-state index in [1.807, 2.05) is 6.07 Å². The number of carbonyl (C=O) groups is 1. The summed E-state index contributed by atoms with van der Waals surface area (Å²) in [5.74, 6) is -0.303. The second kappa shape index (κ2) is 11.4. The van der Waals surface area contributed by atoms with Gasteiger partial charge in [0.1, 0.15) is 0 Å². The number of thiophene rings is 1. The van der Waals surface area contributed by atoms with Crippen LogP contribution in [0.5, 0.6) is 5.75 Å². The molecule has 0 aliphatic carbocycles. The Hall–Kier alpha value is -0.231. The summed E-state index contributed by atoms with van der Waals surface area (Å²) in [6, 6.07) is 2.03. The molecular weight excluding hydrogens is 427 g/mol. The van der Waals surface area contributed by atoms with E-state index in [-0.39, 0.29) is 0 Å². The Balaban J connectivity index is 3.05. The van der Waals surface area contributed by atoms with Gasteiger partial charge in [-0.25, -0.2) is 0 Å². The molecule has 3 nitrogen and oxygen atoms in total. The topological polar surface area (TPSA) is 46.5 Å². The van der Waals surface area contributed by atoms with Gasteiger partial charge in [0.15, 0.2) is 0 Å². The molecule has 5 heteroatoms. The van der Waals surface area contributed by atoms with Crippen LogP contribution in [0.2, 0.25) is 3.43 Å². The SMILES string of the molecule is CCCC[C](CCCC)(CCCC)[Sn][c]1cc(OC)c(C(=O)O)s1. The average Bonchev–Trinajstić information content (AvgIpc) is 2.99. The van der Waals surface area contributed by atoms with E-state index in [0.29, 0.717) is 14.1 Å². The number of hydrogen-bond acceptors (Lipinski definition) is 3. The molecule has 136 valence electrons. The van der Waals surface area contributed by atoms with Crippen molar-refractivity contribution in [1.29, 1.82) is 0 Å². The third-order valence-electron chi connectivity index (χ3n) is 4.53. The van der Waals surface area contributed by atoms with Crippen LogP contribution in [0.25, 0.3) is 0 Å². The number of carboxylic acids is 1. The minimum absolute atomic E-state index is 0.378. The number of carboxylic acid groups (broad SMARTS) is 1. The second-order valence-corrected chi connectivity index (χ2v) is 13.9. The molecule has 0 spiro atoms. The number of ether oxygens (including phenoxy) is 1. The van der Waals surface area contributed by atoms with Crippen molar-refractivity contribution in [1.82, 2.24) is 0 Å². The summed E-state index contributed by atoms with van der Waals surface area (Å²) in [7, 11) is 1.57. The van der Waals surface area contributed by atoms with Gasteiger partial charge in [0.2, 0.25) is 0 Å². The van der Waals surface area contributed by atoms with Crippen LogP contribution >= 0.6 is 11.3 Å². The predicted molar refractivity (Wildman–Crippen MR) is 104 cm³/mol. The molecule has 0 unspecified atom stereocenters. The van der Waals surface area contributed by atoms with Crippen molar-refractivity contribution in [3.05, 3.63) is 10.9 Å². The van der Waals surface area contributed by atoms with Gasteiger partial charge in [0, 0.05) is 0 Å². The van der Waals surface area contributed by atoms with Crippen molar-refractivity contribution in [3.63, 3.8) is 0 Å². The third kappa shape index (κ3) is 6.58. The van der Waals surface area contributed by atoms with Crippen LogP contribution in [0.3, 0.4) is 0 Å². The van der Waals surface area contributed by atoms with Crippen LogP contribution in [0.1, 0.15) is 88.2 Å². The van der Waals surface area contributed by atoms with Gasteiger partial charge >= 0.3 is 162 Å². The first-order chi connectivity index (χ1) is 11.5. The molecule has 0 saturated heterocycles. The summed E-state index contributed by atoms with van der Waals surface area (Å²) in [6.07, 6.45) is 11.6. The second-order valence-electron chi connectivity index (χ2n) is 6.53. The summed E-state index contributed by atoms with van der Waals surface area (Å²) in [6.45, 7) is 6.81. The molecule has 0 aliphatic rings. The van der Waals surface area contributed by atoms with E-state index < -0.39 is 27.1 Å². The fourth-order valence-electron chi connectivity index (χ4n) is 3.11. The van der Waals surface area contributed by atoms with Gasteiger partial charge < -0.3 is 0 Å². The molecule has 1 aromatic heterocycles. The Labute approximate surface area is 161 Å². The Bertz CT molecular complexity index is 477. The number of rotatable bonds is 13. The maximum atomic E-state index is 11.4. The normalized spacial score (nSPS) is 11.7. The van der Waals surface area contributed by atoms with E-state index in [1.54, 1.807) is 7.11 Å². The molecular formula is C19H32O3SSn. The van der Waals surface area contributed by atoms with Crippen LogP contribution in [0.4, 0.5) is 0 Å². The molecule has 1 heterocycles. The zero-order valence-corrected chi connectivity index (χ0v) is 19.3. The van der Waals surface area contributed by atoms with E-state index in [4.69, 9.17) is 4.74 Å². The first kappa shape index (κ1) is 21.8. The van der Waals surface area contributed by atoms with Crippen molar-refractivity contribution in [2.24, 2.45) is 0 Å². The first-order valence-corrected chi connectivity index (χ1v) is 12.9. The number of aromatic carboxylic acids is 1. The molecule has 1 N–H and O–H groups in total. The fraction of sp³-hybridized carbons (Fsp3) is 0.737. The van der Waals surface area contributed by atoms with Crippen LogP contribution in [-0.2, 0) is 0 Å². The quantitative estimate of drug-likeness (QED) is 0.396. The van der Waals surface area contributed by atoms with Crippen LogP contribution in [0.15, 0.2) is 6.07 Å². The van der Waals surface area contributed by atoms with Crippen molar-refractivity contribution in [2.45, 2.75) is 82.0 Å². The van der Waals surface area contributed by atoms with E-state index >= 15 is 0 Å². The zero-order valence-electron chi connectivity index (χ0n) is 15.6. The third-order valence-corrected chi connectivity index (χ3v) is 11.8. The molecule has 1 rings (SSSR count). The molecule has 0 fully saturated rings. The standard InChI is InChI=1S/C13H27.C6H5O3S.Sn/c1-4-7-10-13(11-8-5-2)12-9-6-3;1-9-4-2-3-10-5(4)6(7)8;/h4-12H2,1-3H3;2H,1H3,(H,7,8);. The van der Waals surface area contributed by atoms with E-state index in [1.165, 1.54) is 72.0 Å². The van der Waals surface area contributed by atoms with Gasteiger partial charge in [-0.05, 0) is 0 Å². The minimum atomic E-state index is -0.872. The molecule has 0 saturated carbocycles. The summed E-state index contributed by atoms with van der Waals surface area (Å²) >= 11 is 0.598. The Morgan fingerprint density at radius 2 is 1.62 bits per heavy atom.